The van der Waals surface area contributed by atoms with Crippen molar-refractivity contribution < 1.29 is 14.2 Å². The van der Waals surface area contributed by atoms with E-state index in [2.05, 4.69) is 37.9 Å². The fourth-order valence-corrected chi connectivity index (χ4v) is 3.90. The minimum atomic E-state index is -0.0573. The lowest BCUT2D eigenvalue weighted by Gasteiger charge is -2.39. The lowest BCUT2D eigenvalue weighted by Crippen LogP contribution is -2.48. The Morgan fingerprint density at radius 1 is 1.27 bits per heavy atom. The van der Waals surface area contributed by atoms with Gasteiger partial charge in [0, 0.05) is 20.2 Å². The van der Waals surface area contributed by atoms with E-state index in [1.165, 1.54) is 5.56 Å². The van der Waals surface area contributed by atoms with Crippen LogP contribution in [-0.2, 0) is 16.0 Å². The molecule has 0 unspecified atom stereocenters. The smallest absolute Gasteiger partial charge is 0.130 e. The van der Waals surface area contributed by atoms with E-state index in [0.717, 1.165) is 24.4 Å². The fraction of sp³-hybridized carbons (Fsp3) is 0.421. The normalized spacial score (nSPS) is 20.9. The van der Waals surface area contributed by atoms with Crippen molar-refractivity contribution in [3.8, 4) is 5.75 Å². The number of hydrogen-bond acceptors (Lipinski definition) is 5. The largest absolute Gasteiger partial charge is 0.497 e. The second-order valence-electron chi connectivity index (χ2n) is 6.25. The lowest BCUT2D eigenvalue weighted by molar-refractivity contribution is -0.0860. The summed E-state index contributed by atoms with van der Waals surface area (Å²) in [4.78, 5) is 6.55. The lowest BCUT2D eigenvalue weighted by atomic mass is 10.1. The van der Waals surface area contributed by atoms with Crippen molar-refractivity contribution >= 4 is 27.5 Å². The van der Waals surface area contributed by atoms with Crippen LogP contribution in [0.25, 0.3) is 0 Å². The monoisotopic (exact) mass is 440 g/mol. The number of halogens is 2. The van der Waals surface area contributed by atoms with Gasteiger partial charge < -0.3 is 14.2 Å². The second kappa shape index (κ2) is 9.15. The molecule has 1 fully saturated rings. The molecule has 2 atom stereocenters. The van der Waals surface area contributed by atoms with Gasteiger partial charge >= 0.3 is 0 Å². The van der Waals surface area contributed by atoms with Crippen molar-refractivity contribution in [1.82, 2.24) is 9.88 Å². The minimum Gasteiger partial charge on any atom is -0.497 e. The Balaban J connectivity index is 1.76. The highest BCUT2D eigenvalue weighted by molar-refractivity contribution is 9.10. The Labute approximate surface area is 167 Å². The Bertz CT molecular complexity index is 709. The quantitative estimate of drug-likeness (QED) is 0.632. The van der Waals surface area contributed by atoms with Gasteiger partial charge in [-0.1, -0.05) is 23.7 Å². The third-order valence-corrected chi connectivity index (χ3v) is 5.07. The predicted molar refractivity (Wildman–Crippen MR) is 105 cm³/mol. The molecule has 0 spiro atoms. The Hall–Kier alpha value is -1.18. The topological polar surface area (TPSA) is 43.8 Å². The van der Waals surface area contributed by atoms with E-state index in [9.17, 15) is 0 Å². The number of aromatic nitrogens is 1. The highest BCUT2D eigenvalue weighted by Crippen LogP contribution is 2.29. The zero-order valence-corrected chi connectivity index (χ0v) is 17.2. The molecular weight excluding hydrogens is 420 g/mol. The third-order valence-electron chi connectivity index (χ3n) is 4.47. The van der Waals surface area contributed by atoms with Gasteiger partial charge in [0.05, 0.1) is 32.5 Å². The SMILES string of the molecule is COC[C@H]1CO[C@H](c2cc(Cl)nc(Br)c2)CN1Cc1ccc(OC)cc1. The number of nitrogens with zero attached hydrogens (tertiary/aromatic N) is 2. The molecule has 2 aromatic rings. The molecule has 3 rings (SSSR count). The van der Waals surface area contributed by atoms with Crippen molar-refractivity contribution in [3.63, 3.8) is 0 Å². The van der Waals surface area contributed by atoms with Crippen LogP contribution in [-0.4, -0.2) is 49.9 Å². The van der Waals surface area contributed by atoms with Gasteiger partial charge in [-0.05, 0) is 51.3 Å². The van der Waals surface area contributed by atoms with E-state index in [-0.39, 0.29) is 12.1 Å². The van der Waals surface area contributed by atoms with Gasteiger partial charge in [-0.3, -0.25) is 4.90 Å². The molecule has 0 aliphatic carbocycles. The molecule has 0 bridgehead atoms. The van der Waals surface area contributed by atoms with Crippen molar-refractivity contribution in [1.29, 1.82) is 0 Å². The Kier molecular flexibility index (Phi) is 6.89. The van der Waals surface area contributed by atoms with E-state index in [1.54, 1.807) is 14.2 Å². The molecule has 1 aromatic heterocycles. The Morgan fingerprint density at radius 3 is 2.69 bits per heavy atom. The Morgan fingerprint density at radius 2 is 2.04 bits per heavy atom. The molecule has 140 valence electrons. The summed E-state index contributed by atoms with van der Waals surface area (Å²) in [6, 6.07) is 12.2. The maximum Gasteiger partial charge on any atom is 0.130 e. The van der Waals surface area contributed by atoms with Crippen LogP contribution in [0.5, 0.6) is 5.75 Å². The van der Waals surface area contributed by atoms with E-state index in [4.69, 9.17) is 25.8 Å². The molecule has 0 amide bonds. The minimum absolute atomic E-state index is 0.0573. The van der Waals surface area contributed by atoms with Crippen LogP contribution >= 0.6 is 27.5 Å². The number of pyridine rings is 1. The molecule has 7 heteroatoms. The first-order valence-corrected chi connectivity index (χ1v) is 9.56. The summed E-state index contributed by atoms with van der Waals surface area (Å²) in [7, 11) is 3.39. The average Bonchev–Trinajstić information content (AvgIpc) is 2.63. The van der Waals surface area contributed by atoms with Gasteiger partial charge in [0.2, 0.25) is 0 Å². The third kappa shape index (κ3) is 4.96. The molecule has 0 saturated carbocycles. The van der Waals surface area contributed by atoms with Gasteiger partial charge in [-0.15, -0.1) is 0 Å². The molecule has 0 radical (unpaired) electrons. The zero-order valence-electron chi connectivity index (χ0n) is 14.8. The molecule has 5 nitrogen and oxygen atoms in total. The highest BCUT2D eigenvalue weighted by atomic mass is 79.9. The first kappa shape index (κ1) is 19.6. The van der Waals surface area contributed by atoms with Crippen LogP contribution in [0.4, 0.5) is 0 Å². The van der Waals surface area contributed by atoms with E-state index >= 15 is 0 Å². The van der Waals surface area contributed by atoms with E-state index in [1.807, 2.05) is 24.3 Å². The number of methoxy groups -OCH3 is 2. The van der Waals surface area contributed by atoms with Crippen molar-refractivity contribution in [2.24, 2.45) is 0 Å². The van der Waals surface area contributed by atoms with E-state index < -0.39 is 0 Å². The number of benzene rings is 1. The van der Waals surface area contributed by atoms with Gasteiger partial charge in [-0.25, -0.2) is 4.98 Å². The molecule has 1 aliphatic rings. The number of hydrogen-bond donors (Lipinski definition) is 0. The van der Waals surface area contributed by atoms with Gasteiger partial charge in [0.15, 0.2) is 0 Å². The first-order chi connectivity index (χ1) is 12.6. The molecule has 1 aromatic carbocycles. The van der Waals surface area contributed by atoms with Crippen molar-refractivity contribution in [3.05, 3.63) is 57.3 Å². The second-order valence-corrected chi connectivity index (χ2v) is 7.45. The average molecular weight is 442 g/mol. The molecule has 0 N–H and O–H groups in total. The maximum atomic E-state index is 6.10. The first-order valence-electron chi connectivity index (χ1n) is 8.39. The number of morpholine rings is 1. The van der Waals surface area contributed by atoms with Gasteiger partial charge in [-0.2, -0.15) is 0 Å². The van der Waals surface area contributed by atoms with Crippen molar-refractivity contribution in [2.45, 2.75) is 18.7 Å². The fourth-order valence-electron chi connectivity index (χ4n) is 3.12. The molecule has 1 saturated heterocycles. The summed E-state index contributed by atoms with van der Waals surface area (Å²) in [5, 5.41) is 0.457. The summed E-state index contributed by atoms with van der Waals surface area (Å²) < 4.78 is 17.4. The van der Waals surface area contributed by atoms with Gasteiger partial charge in [0.1, 0.15) is 15.5 Å². The predicted octanol–water partition coefficient (Wildman–Crippen LogP) is 4.09. The summed E-state index contributed by atoms with van der Waals surface area (Å²) in [5.41, 5.74) is 2.24. The van der Waals surface area contributed by atoms with Crippen molar-refractivity contribution in [2.75, 3.05) is 34.0 Å². The van der Waals surface area contributed by atoms with E-state index in [0.29, 0.717) is 23.0 Å². The zero-order chi connectivity index (χ0) is 18.5. The molecular formula is C19H22BrClN2O3. The maximum absolute atomic E-state index is 6.10. The standard InChI is InChI=1S/C19H22BrClN2O3/c1-24-11-15-12-26-17(14-7-18(20)22-19(21)8-14)10-23(15)9-13-3-5-16(25-2)6-4-13/h3-8,15,17H,9-12H2,1-2H3/t15-,17-/m0/s1. The summed E-state index contributed by atoms with van der Waals surface area (Å²) >= 11 is 9.50. The molecule has 2 heterocycles. The van der Waals surface area contributed by atoms with Crippen LogP contribution in [0.1, 0.15) is 17.2 Å². The number of ether oxygens (including phenoxy) is 3. The van der Waals surface area contributed by atoms with Crippen LogP contribution < -0.4 is 4.74 Å². The van der Waals surface area contributed by atoms with Gasteiger partial charge in [0.25, 0.3) is 0 Å². The summed E-state index contributed by atoms with van der Waals surface area (Å²) in [6.07, 6.45) is -0.0573. The van der Waals surface area contributed by atoms with Crippen LogP contribution in [0.15, 0.2) is 41.0 Å². The van der Waals surface area contributed by atoms with Crippen LogP contribution in [0, 0.1) is 0 Å². The van der Waals surface area contributed by atoms with Crippen LogP contribution in [0.2, 0.25) is 5.15 Å². The summed E-state index contributed by atoms with van der Waals surface area (Å²) in [5.74, 6) is 0.860. The highest BCUT2D eigenvalue weighted by Gasteiger charge is 2.30. The molecule has 26 heavy (non-hydrogen) atoms. The summed E-state index contributed by atoms with van der Waals surface area (Å²) in [6.45, 7) is 2.81. The van der Waals surface area contributed by atoms with Crippen LogP contribution in [0.3, 0.4) is 0 Å². The molecule has 1 aliphatic heterocycles. The number of rotatable bonds is 6.